The minimum absolute atomic E-state index is 0. The molecule has 0 heterocycles. The molecule has 0 amide bonds. The van der Waals surface area contributed by atoms with Crippen LogP contribution < -0.4 is 15.3 Å². The van der Waals surface area contributed by atoms with E-state index < -0.39 is 105 Å². The van der Waals surface area contributed by atoms with Gasteiger partial charge in [0.25, 0.3) is 0 Å². The van der Waals surface area contributed by atoms with E-state index in [2.05, 4.69) is 18.9 Å². The number of hydrogen-bond acceptors (Lipinski definition) is 7. The van der Waals surface area contributed by atoms with Crippen molar-refractivity contribution in [1.29, 1.82) is 0 Å². The molecule has 0 N–H and O–H groups in total. The molecule has 0 saturated heterocycles. The molecule has 49 heavy (non-hydrogen) atoms. The zero-order valence-electron chi connectivity index (χ0n) is 24.7. The minimum Gasteiger partial charge on any atom is -0.868 e. The normalized spacial score (nSPS) is 9.86. The average molecular weight is 881 g/mol. The van der Waals surface area contributed by atoms with Gasteiger partial charge in [-0.25, -0.2) is 65.9 Å². The molecular formula is C26H20EuF15O7. The molecule has 3 aromatic carbocycles. The third-order valence-electron chi connectivity index (χ3n) is 4.49. The van der Waals surface area contributed by atoms with E-state index in [0.29, 0.717) is 26.4 Å². The number of methoxy groups -OCH3 is 4. The van der Waals surface area contributed by atoms with Crippen LogP contribution in [0.25, 0.3) is 0 Å². The molecule has 0 saturated carbocycles. The maximum atomic E-state index is 12.1. The number of ether oxygens (including phenoxy) is 4. The second kappa shape index (κ2) is 25.4. The smallest absolute Gasteiger partial charge is 0.868 e. The van der Waals surface area contributed by atoms with Gasteiger partial charge in [0, 0.05) is 28.4 Å². The van der Waals surface area contributed by atoms with Crippen LogP contribution in [0.5, 0.6) is 17.2 Å². The van der Waals surface area contributed by atoms with Crippen LogP contribution in [-0.4, -0.2) is 54.9 Å². The Morgan fingerprint density at radius 2 is 0.388 bits per heavy atom. The molecule has 0 aliphatic carbocycles. The molecule has 7 nitrogen and oxygen atoms in total. The van der Waals surface area contributed by atoms with Crippen molar-refractivity contribution in [2.24, 2.45) is 0 Å². The van der Waals surface area contributed by atoms with Crippen LogP contribution in [0, 0.1) is 137 Å². The van der Waals surface area contributed by atoms with Gasteiger partial charge in [0.15, 0.2) is 87.3 Å². The largest absolute Gasteiger partial charge is 3.00 e. The summed E-state index contributed by atoms with van der Waals surface area (Å²) in [6.45, 7) is 2.76. The van der Waals surface area contributed by atoms with Crippen molar-refractivity contribution in [3.05, 3.63) is 87.3 Å². The average Bonchev–Trinajstić information content (AvgIpc) is 3.09. The Labute approximate surface area is 307 Å². The summed E-state index contributed by atoms with van der Waals surface area (Å²) in [4.78, 5) is 0. The fraction of sp³-hybridized carbons (Fsp3) is 0.308. The number of rotatable bonds is 6. The predicted octanol–water partition coefficient (Wildman–Crippen LogP) is 4.93. The van der Waals surface area contributed by atoms with Crippen molar-refractivity contribution in [2.45, 2.75) is 0 Å². The summed E-state index contributed by atoms with van der Waals surface area (Å²) in [5.74, 6) is -40.7. The number of hydrogen-bond donors (Lipinski definition) is 0. The number of halogens is 15. The molecular weight excluding hydrogens is 861 g/mol. The summed E-state index contributed by atoms with van der Waals surface area (Å²) < 4.78 is 200. The van der Waals surface area contributed by atoms with Gasteiger partial charge < -0.3 is 34.3 Å². The molecule has 0 fully saturated rings. The van der Waals surface area contributed by atoms with Crippen molar-refractivity contribution >= 4 is 0 Å². The summed E-state index contributed by atoms with van der Waals surface area (Å²) in [7, 11) is 6.61. The summed E-state index contributed by atoms with van der Waals surface area (Å²) in [6, 6.07) is 0. The van der Waals surface area contributed by atoms with Gasteiger partial charge in [-0.1, -0.05) is 0 Å². The van der Waals surface area contributed by atoms with Gasteiger partial charge in [-0.2, -0.15) is 0 Å². The van der Waals surface area contributed by atoms with E-state index in [1.807, 2.05) is 0 Å². The molecule has 0 bridgehead atoms. The predicted molar refractivity (Wildman–Crippen MR) is 125 cm³/mol. The standard InChI is InChI=1S/3C6HF5O.2C4H10O2.Eu/c3*7-1-2(8)4(10)6(12)5(11)3(1)9;2*1-5-3-4-6-2;/h3*12H;2*3-4H2,1-2H3;/q;;;;;+3/p-3. The van der Waals surface area contributed by atoms with E-state index in [0.717, 1.165) is 0 Å². The SMILES string of the molecule is COCCOC.COCCOC.[Eu+3].[O-]c1c(F)c(F)c(F)c(F)c1F.[O-]c1c(F)c(F)c(F)c(F)c1F.[O-]c1c(F)c(F)c(F)c(F)c1F. The zero-order valence-corrected chi connectivity index (χ0v) is 27.2. The monoisotopic (exact) mass is 882 g/mol. The first-order valence-electron chi connectivity index (χ1n) is 11.7. The van der Waals surface area contributed by atoms with Crippen molar-refractivity contribution < 1.29 is 149 Å². The van der Waals surface area contributed by atoms with E-state index in [1.165, 1.54) is 0 Å². The maximum Gasteiger partial charge on any atom is 3.00 e. The van der Waals surface area contributed by atoms with Gasteiger partial charge >= 0.3 is 49.4 Å². The molecule has 278 valence electrons. The Hall–Kier alpha value is -2.57. The van der Waals surface area contributed by atoms with E-state index in [1.54, 1.807) is 28.4 Å². The molecule has 0 aliphatic rings. The molecule has 3 aromatic rings. The summed E-state index contributed by atoms with van der Waals surface area (Å²) in [6.07, 6.45) is 0. The van der Waals surface area contributed by atoms with Crippen LogP contribution in [0.1, 0.15) is 0 Å². The maximum absolute atomic E-state index is 12.1. The second-order valence-electron chi connectivity index (χ2n) is 7.67. The second-order valence-corrected chi connectivity index (χ2v) is 7.67. The Morgan fingerprint density at radius 3 is 0.490 bits per heavy atom. The number of benzene rings is 3. The van der Waals surface area contributed by atoms with Gasteiger partial charge in [-0.05, 0) is 17.2 Å². The fourth-order valence-electron chi connectivity index (χ4n) is 2.09. The van der Waals surface area contributed by atoms with Gasteiger partial charge in [-0.15, -0.1) is 0 Å². The van der Waals surface area contributed by atoms with Crippen molar-refractivity contribution in [3.63, 3.8) is 0 Å². The summed E-state index contributed by atoms with van der Waals surface area (Å²) in [5, 5.41) is 30.5. The van der Waals surface area contributed by atoms with Crippen LogP contribution in [0.15, 0.2) is 0 Å². The molecule has 0 aliphatic heterocycles. The Balaban J connectivity index is -0.000000555. The topological polar surface area (TPSA) is 106 Å². The quantitative estimate of drug-likeness (QED) is 0.150. The van der Waals surface area contributed by atoms with Gasteiger partial charge in [-0.3, -0.25) is 0 Å². The summed E-state index contributed by atoms with van der Waals surface area (Å²) >= 11 is 0. The fourth-order valence-corrected chi connectivity index (χ4v) is 2.09. The first kappa shape index (κ1) is 50.8. The van der Waals surface area contributed by atoms with Gasteiger partial charge in [0.05, 0.1) is 26.4 Å². The molecule has 0 spiro atoms. The molecule has 3 rings (SSSR count). The zero-order chi connectivity index (χ0) is 38.0. The molecule has 0 atom stereocenters. The Morgan fingerprint density at radius 1 is 0.286 bits per heavy atom. The summed E-state index contributed by atoms with van der Waals surface area (Å²) in [5.41, 5.74) is 0. The first-order chi connectivity index (χ1) is 22.2. The van der Waals surface area contributed by atoms with Crippen LogP contribution in [0.4, 0.5) is 65.9 Å². The first-order valence-corrected chi connectivity index (χ1v) is 11.7. The Bertz CT molecular complexity index is 993. The van der Waals surface area contributed by atoms with Crippen molar-refractivity contribution in [2.75, 3.05) is 54.9 Å². The van der Waals surface area contributed by atoms with E-state index in [-0.39, 0.29) is 49.4 Å². The third-order valence-corrected chi connectivity index (χ3v) is 4.49. The van der Waals surface area contributed by atoms with Crippen LogP contribution in [0.2, 0.25) is 0 Å². The van der Waals surface area contributed by atoms with Crippen LogP contribution in [-0.2, 0) is 18.9 Å². The van der Waals surface area contributed by atoms with E-state index in [9.17, 15) is 81.2 Å². The van der Waals surface area contributed by atoms with Crippen LogP contribution in [0.3, 0.4) is 0 Å². The Kier molecular flexibility index (Phi) is 26.3. The minimum atomic E-state index is -2.33. The third kappa shape index (κ3) is 15.1. The van der Waals surface area contributed by atoms with Gasteiger partial charge in [0.1, 0.15) is 0 Å². The van der Waals surface area contributed by atoms with E-state index >= 15 is 0 Å². The molecule has 23 heteroatoms. The molecule has 0 aromatic heterocycles. The van der Waals surface area contributed by atoms with Crippen molar-refractivity contribution in [3.8, 4) is 17.2 Å². The van der Waals surface area contributed by atoms with Crippen LogP contribution >= 0.6 is 0 Å². The molecule has 0 unspecified atom stereocenters. The van der Waals surface area contributed by atoms with E-state index in [4.69, 9.17) is 0 Å². The molecule has 0 radical (unpaired) electrons. The van der Waals surface area contributed by atoms with Gasteiger partial charge in [0.2, 0.25) is 0 Å². The van der Waals surface area contributed by atoms with Crippen molar-refractivity contribution in [1.82, 2.24) is 0 Å².